The van der Waals surface area contributed by atoms with Crippen LogP contribution < -0.4 is 0 Å². The van der Waals surface area contributed by atoms with Crippen LogP contribution >= 0.6 is 11.6 Å². The molecule has 5 heteroatoms. The molecule has 4 nitrogen and oxygen atoms in total. The first-order valence-corrected chi connectivity index (χ1v) is 7.86. The van der Waals surface area contributed by atoms with Crippen molar-refractivity contribution in [2.24, 2.45) is 0 Å². The van der Waals surface area contributed by atoms with Gasteiger partial charge in [-0.15, -0.1) is 11.6 Å². The minimum atomic E-state index is -0.895. The lowest BCUT2D eigenvalue weighted by Crippen LogP contribution is -2.34. The first kappa shape index (κ1) is 16.3. The van der Waals surface area contributed by atoms with Gasteiger partial charge in [-0.25, -0.2) is 4.79 Å². The van der Waals surface area contributed by atoms with Gasteiger partial charge in [0.05, 0.1) is 10.9 Å². The van der Waals surface area contributed by atoms with E-state index in [1.54, 1.807) is 12.1 Å². The Bertz CT molecular complexity index is 463. The van der Waals surface area contributed by atoms with Crippen molar-refractivity contribution in [2.75, 3.05) is 19.7 Å². The van der Waals surface area contributed by atoms with Crippen molar-refractivity contribution in [1.82, 2.24) is 4.90 Å². The molecular weight excluding hydrogens is 290 g/mol. The van der Waals surface area contributed by atoms with Crippen LogP contribution in [0.25, 0.3) is 0 Å². The Labute approximate surface area is 130 Å². The van der Waals surface area contributed by atoms with Crippen molar-refractivity contribution in [1.29, 1.82) is 0 Å². The van der Waals surface area contributed by atoms with Crippen LogP contribution in [0.15, 0.2) is 24.3 Å². The molecule has 0 bridgehead atoms. The number of carboxylic acids is 1. The highest BCUT2D eigenvalue weighted by atomic mass is 35.5. The maximum absolute atomic E-state index is 10.8. The number of aliphatic hydroxyl groups excluding tert-OH is 1. The molecule has 1 heterocycles. The van der Waals surface area contributed by atoms with Gasteiger partial charge in [0, 0.05) is 19.2 Å². The molecule has 0 aliphatic carbocycles. The molecule has 2 atom stereocenters. The van der Waals surface area contributed by atoms with Gasteiger partial charge in [0.15, 0.2) is 0 Å². The monoisotopic (exact) mass is 311 g/mol. The molecule has 1 fully saturated rings. The highest BCUT2D eigenvalue weighted by Crippen LogP contribution is 2.26. The van der Waals surface area contributed by atoms with Crippen molar-refractivity contribution < 1.29 is 15.0 Å². The van der Waals surface area contributed by atoms with Gasteiger partial charge in [-0.05, 0) is 49.9 Å². The number of hydrogen-bond donors (Lipinski definition) is 2. The molecule has 1 aromatic rings. The summed E-state index contributed by atoms with van der Waals surface area (Å²) in [7, 11) is 0. The minimum Gasteiger partial charge on any atom is -0.478 e. The third kappa shape index (κ3) is 4.43. The summed E-state index contributed by atoms with van der Waals surface area (Å²) in [6, 6.07) is 7.39. The highest BCUT2D eigenvalue weighted by molar-refractivity contribution is 6.21. The van der Waals surface area contributed by atoms with Crippen LogP contribution in [0.4, 0.5) is 0 Å². The number of nitrogens with zero attached hydrogens (tertiary/aromatic N) is 1. The number of benzene rings is 1. The van der Waals surface area contributed by atoms with E-state index in [9.17, 15) is 4.79 Å². The standard InChI is InChI=1S/C16H22ClNO3/c17-14-8-10-18(9-1-11-19)15(14)7-4-12-2-5-13(6-3-12)16(20)21/h2-3,5-6,14-15,19H,1,4,7-11H2,(H,20,21)/t14-,15+/m1/s1. The lowest BCUT2D eigenvalue weighted by molar-refractivity contribution is 0.0697. The SMILES string of the molecule is O=C(O)c1ccc(CC[C@H]2[C@H](Cl)CCN2CCCO)cc1. The summed E-state index contributed by atoms with van der Waals surface area (Å²) in [4.78, 5) is 13.2. The lowest BCUT2D eigenvalue weighted by Gasteiger charge is -2.25. The van der Waals surface area contributed by atoms with Crippen molar-refractivity contribution in [2.45, 2.75) is 37.1 Å². The Morgan fingerprint density at radius 1 is 1.33 bits per heavy atom. The van der Waals surface area contributed by atoms with Crippen LogP contribution in [-0.2, 0) is 6.42 Å². The molecule has 21 heavy (non-hydrogen) atoms. The van der Waals surface area contributed by atoms with E-state index in [2.05, 4.69) is 4.90 Å². The number of likely N-dealkylation sites (tertiary alicyclic amines) is 1. The van der Waals surface area contributed by atoms with Crippen LogP contribution in [0.2, 0.25) is 0 Å². The Balaban J connectivity index is 1.89. The smallest absolute Gasteiger partial charge is 0.335 e. The van der Waals surface area contributed by atoms with Gasteiger partial charge in [0.25, 0.3) is 0 Å². The van der Waals surface area contributed by atoms with E-state index in [4.69, 9.17) is 21.8 Å². The van der Waals surface area contributed by atoms with E-state index < -0.39 is 5.97 Å². The van der Waals surface area contributed by atoms with Gasteiger partial charge in [0.1, 0.15) is 0 Å². The molecule has 0 aromatic heterocycles. The minimum absolute atomic E-state index is 0.169. The molecule has 1 aliphatic heterocycles. The highest BCUT2D eigenvalue weighted by Gasteiger charge is 2.31. The van der Waals surface area contributed by atoms with Gasteiger partial charge in [-0.2, -0.15) is 0 Å². The summed E-state index contributed by atoms with van der Waals surface area (Å²) in [5.74, 6) is -0.895. The third-order valence-corrected chi connectivity index (χ3v) is 4.62. The van der Waals surface area contributed by atoms with E-state index in [0.717, 1.165) is 44.3 Å². The Kier molecular flexibility index (Phi) is 6.03. The van der Waals surface area contributed by atoms with E-state index >= 15 is 0 Å². The number of rotatable bonds is 7. The number of hydrogen-bond acceptors (Lipinski definition) is 3. The van der Waals surface area contributed by atoms with Crippen LogP contribution in [0, 0.1) is 0 Å². The fourth-order valence-electron chi connectivity index (χ4n) is 2.92. The summed E-state index contributed by atoms with van der Waals surface area (Å²) >= 11 is 6.40. The molecule has 0 saturated carbocycles. The summed E-state index contributed by atoms with van der Waals surface area (Å²) in [6.07, 6.45) is 3.64. The first-order chi connectivity index (χ1) is 10.1. The van der Waals surface area contributed by atoms with Gasteiger partial charge in [-0.3, -0.25) is 4.90 Å². The number of aliphatic hydroxyl groups is 1. The van der Waals surface area contributed by atoms with E-state index in [1.165, 1.54) is 0 Å². The second-order valence-corrected chi connectivity index (χ2v) is 6.09. The van der Waals surface area contributed by atoms with Crippen LogP contribution in [0.5, 0.6) is 0 Å². The number of aromatic carboxylic acids is 1. The number of halogens is 1. The topological polar surface area (TPSA) is 60.8 Å². The molecule has 1 aromatic carbocycles. The van der Waals surface area contributed by atoms with E-state index in [1.807, 2.05) is 12.1 Å². The second-order valence-electron chi connectivity index (χ2n) is 5.53. The molecular formula is C16H22ClNO3. The van der Waals surface area contributed by atoms with Gasteiger partial charge in [0.2, 0.25) is 0 Å². The summed E-state index contributed by atoms with van der Waals surface area (Å²) < 4.78 is 0. The normalized spacial score (nSPS) is 22.6. The fourth-order valence-corrected chi connectivity index (χ4v) is 3.30. The van der Waals surface area contributed by atoms with Crippen molar-refractivity contribution in [3.05, 3.63) is 35.4 Å². The molecule has 0 spiro atoms. The Morgan fingerprint density at radius 3 is 2.67 bits per heavy atom. The molecule has 0 radical (unpaired) electrons. The largest absolute Gasteiger partial charge is 0.478 e. The Morgan fingerprint density at radius 2 is 2.05 bits per heavy atom. The molecule has 116 valence electrons. The second kappa shape index (κ2) is 7.78. The first-order valence-electron chi connectivity index (χ1n) is 7.43. The molecule has 0 unspecified atom stereocenters. The summed E-state index contributed by atoms with van der Waals surface area (Å²) in [5.41, 5.74) is 1.46. The zero-order valence-corrected chi connectivity index (χ0v) is 12.8. The van der Waals surface area contributed by atoms with Gasteiger partial charge in [-0.1, -0.05) is 12.1 Å². The quantitative estimate of drug-likeness (QED) is 0.759. The average Bonchev–Trinajstić information content (AvgIpc) is 2.83. The van der Waals surface area contributed by atoms with Crippen LogP contribution in [-0.4, -0.2) is 52.2 Å². The summed E-state index contributed by atoms with van der Waals surface area (Å²) in [6.45, 7) is 2.10. The van der Waals surface area contributed by atoms with Crippen LogP contribution in [0.1, 0.15) is 35.2 Å². The number of carboxylic acid groups (broad SMARTS) is 1. The third-order valence-electron chi connectivity index (χ3n) is 4.11. The Hall–Kier alpha value is -1.10. The predicted octanol–water partition coefficient (Wildman–Crippen LogP) is 2.38. The summed E-state index contributed by atoms with van der Waals surface area (Å²) in [5, 5.41) is 18.0. The number of carbonyl (C=O) groups is 1. The zero-order chi connectivity index (χ0) is 15.2. The number of alkyl halides is 1. The average molecular weight is 312 g/mol. The van der Waals surface area contributed by atoms with Crippen molar-refractivity contribution in [3.8, 4) is 0 Å². The maximum Gasteiger partial charge on any atom is 0.335 e. The molecule has 1 aliphatic rings. The predicted molar refractivity (Wildman–Crippen MR) is 83.0 cm³/mol. The van der Waals surface area contributed by atoms with E-state index in [0.29, 0.717) is 11.6 Å². The molecule has 2 rings (SSSR count). The van der Waals surface area contributed by atoms with Crippen LogP contribution in [0.3, 0.4) is 0 Å². The van der Waals surface area contributed by atoms with Crippen molar-refractivity contribution in [3.63, 3.8) is 0 Å². The van der Waals surface area contributed by atoms with Crippen molar-refractivity contribution >= 4 is 17.6 Å². The van der Waals surface area contributed by atoms with Gasteiger partial charge >= 0.3 is 5.97 Å². The zero-order valence-electron chi connectivity index (χ0n) is 12.0. The molecule has 1 saturated heterocycles. The maximum atomic E-state index is 10.8. The van der Waals surface area contributed by atoms with Gasteiger partial charge < -0.3 is 10.2 Å². The molecule has 2 N–H and O–H groups in total. The van der Waals surface area contributed by atoms with E-state index in [-0.39, 0.29) is 12.0 Å². The lowest BCUT2D eigenvalue weighted by atomic mass is 10.0. The molecule has 0 amide bonds. The fraction of sp³-hybridized carbons (Fsp3) is 0.562. The number of aryl methyl sites for hydroxylation is 1.